The number of amides is 1. The van der Waals surface area contributed by atoms with E-state index in [2.05, 4.69) is 12.2 Å². The second-order valence-electron chi connectivity index (χ2n) is 5.00. The van der Waals surface area contributed by atoms with Crippen molar-refractivity contribution >= 4 is 11.6 Å². The third kappa shape index (κ3) is 2.99. The highest BCUT2D eigenvalue weighted by Gasteiger charge is 2.23. The quantitative estimate of drug-likeness (QED) is 0.786. The van der Waals surface area contributed by atoms with Gasteiger partial charge in [0, 0.05) is 17.8 Å². The minimum absolute atomic E-state index is 0.00380. The first-order chi connectivity index (χ1) is 8.16. The summed E-state index contributed by atoms with van der Waals surface area (Å²) in [7, 11) is 0. The highest BCUT2D eigenvalue weighted by Crippen LogP contribution is 2.30. The van der Waals surface area contributed by atoms with Gasteiger partial charge in [-0.25, -0.2) is 0 Å². The molecular formula is C14H20N2O. The van der Waals surface area contributed by atoms with Gasteiger partial charge in [-0.05, 0) is 42.5 Å². The molecule has 17 heavy (non-hydrogen) atoms. The molecule has 1 saturated carbocycles. The lowest BCUT2D eigenvalue weighted by molar-refractivity contribution is 0.0944. The van der Waals surface area contributed by atoms with Crippen LogP contribution in [0.3, 0.4) is 0 Å². The van der Waals surface area contributed by atoms with E-state index in [0.29, 0.717) is 17.2 Å². The molecule has 2 rings (SSSR count). The van der Waals surface area contributed by atoms with Crippen LogP contribution in [0.15, 0.2) is 24.3 Å². The second kappa shape index (κ2) is 5.21. The molecular weight excluding hydrogens is 212 g/mol. The SMILES string of the molecule is CC1CCCC1CNC(=O)c1ccc(N)cc1. The first kappa shape index (κ1) is 12.0. The van der Waals surface area contributed by atoms with Crippen molar-refractivity contribution in [1.82, 2.24) is 5.32 Å². The van der Waals surface area contributed by atoms with Crippen molar-refractivity contribution in [1.29, 1.82) is 0 Å². The summed E-state index contributed by atoms with van der Waals surface area (Å²) in [6, 6.07) is 7.05. The molecule has 0 saturated heterocycles. The van der Waals surface area contributed by atoms with Crippen molar-refractivity contribution in [3.8, 4) is 0 Å². The molecule has 1 amide bonds. The predicted octanol–water partition coefficient (Wildman–Crippen LogP) is 2.43. The molecule has 0 heterocycles. The van der Waals surface area contributed by atoms with E-state index in [1.54, 1.807) is 24.3 Å². The summed E-state index contributed by atoms with van der Waals surface area (Å²) in [6.07, 6.45) is 3.83. The van der Waals surface area contributed by atoms with E-state index >= 15 is 0 Å². The lowest BCUT2D eigenvalue weighted by atomic mass is 9.98. The molecule has 3 heteroatoms. The highest BCUT2D eigenvalue weighted by atomic mass is 16.1. The molecule has 0 aliphatic heterocycles. The molecule has 1 aliphatic rings. The van der Waals surface area contributed by atoms with E-state index in [-0.39, 0.29) is 5.91 Å². The predicted molar refractivity (Wildman–Crippen MR) is 69.7 cm³/mol. The number of carbonyl (C=O) groups is 1. The maximum atomic E-state index is 11.9. The molecule has 3 nitrogen and oxygen atoms in total. The van der Waals surface area contributed by atoms with Crippen molar-refractivity contribution in [3.05, 3.63) is 29.8 Å². The molecule has 1 aromatic rings. The molecule has 2 atom stereocenters. The zero-order valence-electron chi connectivity index (χ0n) is 10.3. The molecule has 1 fully saturated rings. The fourth-order valence-corrected chi connectivity index (χ4v) is 2.49. The maximum Gasteiger partial charge on any atom is 0.251 e. The number of carbonyl (C=O) groups excluding carboxylic acids is 1. The third-order valence-corrected chi connectivity index (χ3v) is 3.74. The summed E-state index contributed by atoms with van der Waals surface area (Å²) in [4.78, 5) is 11.9. The molecule has 0 aromatic heterocycles. The van der Waals surface area contributed by atoms with Crippen molar-refractivity contribution < 1.29 is 4.79 Å². The average molecular weight is 232 g/mol. The van der Waals surface area contributed by atoms with E-state index in [9.17, 15) is 4.79 Å². The van der Waals surface area contributed by atoms with Crippen LogP contribution >= 0.6 is 0 Å². The average Bonchev–Trinajstić information content (AvgIpc) is 2.73. The van der Waals surface area contributed by atoms with Gasteiger partial charge in [-0.2, -0.15) is 0 Å². The lowest BCUT2D eigenvalue weighted by Crippen LogP contribution is -2.30. The van der Waals surface area contributed by atoms with Gasteiger partial charge in [0.25, 0.3) is 5.91 Å². The van der Waals surface area contributed by atoms with E-state index in [0.717, 1.165) is 12.5 Å². The van der Waals surface area contributed by atoms with Crippen LogP contribution in [0.25, 0.3) is 0 Å². The number of rotatable bonds is 3. The van der Waals surface area contributed by atoms with Crippen LogP contribution in [0.1, 0.15) is 36.5 Å². The van der Waals surface area contributed by atoms with Gasteiger partial charge >= 0.3 is 0 Å². The van der Waals surface area contributed by atoms with Gasteiger partial charge in [0.15, 0.2) is 0 Å². The lowest BCUT2D eigenvalue weighted by Gasteiger charge is -2.15. The van der Waals surface area contributed by atoms with Crippen molar-refractivity contribution in [2.24, 2.45) is 11.8 Å². The summed E-state index contributed by atoms with van der Waals surface area (Å²) in [6.45, 7) is 3.07. The summed E-state index contributed by atoms with van der Waals surface area (Å²) in [5.41, 5.74) is 6.96. The summed E-state index contributed by atoms with van der Waals surface area (Å²) < 4.78 is 0. The molecule has 0 radical (unpaired) electrons. The molecule has 92 valence electrons. The largest absolute Gasteiger partial charge is 0.399 e. The van der Waals surface area contributed by atoms with E-state index in [4.69, 9.17) is 5.73 Å². The summed E-state index contributed by atoms with van der Waals surface area (Å²) in [5, 5.41) is 3.01. The van der Waals surface area contributed by atoms with E-state index in [1.807, 2.05) is 0 Å². The number of hydrogen-bond donors (Lipinski definition) is 2. The standard InChI is InChI=1S/C14H20N2O/c1-10-3-2-4-12(10)9-16-14(17)11-5-7-13(15)8-6-11/h5-8,10,12H,2-4,9,15H2,1H3,(H,16,17). The van der Waals surface area contributed by atoms with Gasteiger partial charge in [-0.3, -0.25) is 4.79 Å². The van der Waals surface area contributed by atoms with Gasteiger partial charge in [-0.1, -0.05) is 19.8 Å². The Morgan fingerprint density at radius 2 is 2.06 bits per heavy atom. The molecule has 0 bridgehead atoms. The van der Waals surface area contributed by atoms with Gasteiger partial charge in [0.1, 0.15) is 0 Å². The van der Waals surface area contributed by atoms with Crippen LogP contribution in [-0.2, 0) is 0 Å². The number of benzene rings is 1. The minimum Gasteiger partial charge on any atom is -0.399 e. The Balaban J connectivity index is 1.87. The third-order valence-electron chi connectivity index (χ3n) is 3.74. The first-order valence-corrected chi connectivity index (χ1v) is 6.30. The fraction of sp³-hybridized carbons (Fsp3) is 0.500. The van der Waals surface area contributed by atoms with Crippen LogP contribution in [0.2, 0.25) is 0 Å². The summed E-state index contributed by atoms with van der Waals surface area (Å²) in [5.74, 6) is 1.39. The Kier molecular flexibility index (Phi) is 3.67. The van der Waals surface area contributed by atoms with Crippen molar-refractivity contribution in [3.63, 3.8) is 0 Å². The van der Waals surface area contributed by atoms with Gasteiger partial charge in [-0.15, -0.1) is 0 Å². The number of nitrogens with one attached hydrogen (secondary N) is 1. The number of nitrogen functional groups attached to an aromatic ring is 1. The Bertz CT molecular complexity index is 386. The van der Waals surface area contributed by atoms with Crippen LogP contribution in [0, 0.1) is 11.8 Å². The van der Waals surface area contributed by atoms with Gasteiger partial charge in [0.05, 0.1) is 0 Å². The monoisotopic (exact) mass is 232 g/mol. The Morgan fingerprint density at radius 3 is 2.65 bits per heavy atom. The fourth-order valence-electron chi connectivity index (χ4n) is 2.49. The number of anilines is 1. The maximum absolute atomic E-state index is 11.9. The van der Waals surface area contributed by atoms with Crippen LogP contribution < -0.4 is 11.1 Å². The minimum atomic E-state index is 0.00380. The van der Waals surface area contributed by atoms with Gasteiger partial charge < -0.3 is 11.1 Å². The first-order valence-electron chi connectivity index (χ1n) is 6.30. The topological polar surface area (TPSA) is 55.1 Å². The Hall–Kier alpha value is -1.51. The number of hydrogen-bond acceptors (Lipinski definition) is 2. The Morgan fingerprint density at radius 1 is 1.35 bits per heavy atom. The normalized spacial score (nSPS) is 23.6. The number of nitrogens with two attached hydrogens (primary N) is 1. The molecule has 1 aliphatic carbocycles. The molecule has 3 N–H and O–H groups in total. The van der Waals surface area contributed by atoms with E-state index in [1.165, 1.54) is 19.3 Å². The molecule has 0 spiro atoms. The van der Waals surface area contributed by atoms with Crippen LogP contribution in [0.4, 0.5) is 5.69 Å². The summed E-state index contributed by atoms with van der Waals surface area (Å²) >= 11 is 0. The molecule has 2 unspecified atom stereocenters. The smallest absolute Gasteiger partial charge is 0.251 e. The van der Waals surface area contributed by atoms with Crippen LogP contribution in [0.5, 0.6) is 0 Å². The second-order valence-corrected chi connectivity index (χ2v) is 5.00. The van der Waals surface area contributed by atoms with E-state index < -0.39 is 0 Å². The molecule has 1 aromatic carbocycles. The van der Waals surface area contributed by atoms with Crippen molar-refractivity contribution in [2.75, 3.05) is 12.3 Å². The highest BCUT2D eigenvalue weighted by molar-refractivity contribution is 5.94. The Labute approximate surface area is 102 Å². The van der Waals surface area contributed by atoms with Crippen LogP contribution in [-0.4, -0.2) is 12.5 Å². The van der Waals surface area contributed by atoms with Gasteiger partial charge in [0.2, 0.25) is 0 Å². The zero-order valence-corrected chi connectivity index (χ0v) is 10.3. The van der Waals surface area contributed by atoms with Crippen molar-refractivity contribution in [2.45, 2.75) is 26.2 Å². The zero-order chi connectivity index (χ0) is 12.3.